The molecule has 1 atom stereocenters. The van der Waals surface area contributed by atoms with Crippen LogP contribution in [0.2, 0.25) is 0 Å². The average Bonchev–Trinajstić information content (AvgIpc) is 2.53. The largest absolute Gasteiger partial charge is 0.426 e. The molecular formula is C17H21F9O. The third kappa shape index (κ3) is 6.15. The number of allylic oxidation sites excluding steroid dienone is 2. The average molecular weight is 412 g/mol. The van der Waals surface area contributed by atoms with Crippen LogP contribution in [-0.2, 0) is 0 Å². The Bertz CT molecular complexity index is 524. The topological polar surface area (TPSA) is 20.2 Å². The van der Waals surface area contributed by atoms with E-state index in [1.54, 1.807) is 0 Å². The van der Waals surface area contributed by atoms with Gasteiger partial charge in [0.15, 0.2) is 5.83 Å². The Hall–Kier alpha value is -1.19. The Balaban J connectivity index is 3.09. The highest BCUT2D eigenvalue weighted by atomic mass is 19.4. The van der Waals surface area contributed by atoms with Crippen LogP contribution in [0.4, 0.5) is 39.5 Å². The van der Waals surface area contributed by atoms with Crippen molar-refractivity contribution in [1.29, 1.82) is 0 Å². The minimum atomic E-state index is -6.09. The Kier molecular flexibility index (Phi) is 7.84. The van der Waals surface area contributed by atoms with Gasteiger partial charge in [0, 0.05) is 6.42 Å². The van der Waals surface area contributed by atoms with Crippen molar-refractivity contribution in [2.45, 2.75) is 69.3 Å². The molecule has 1 nitrogen and oxygen atoms in total. The molecule has 0 aromatic carbocycles. The van der Waals surface area contributed by atoms with Gasteiger partial charge in [0.1, 0.15) is 0 Å². The number of aliphatic hydroxyl groups is 1. The molecule has 1 unspecified atom stereocenters. The number of alkyl halides is 6. The molecule has 0 spiro atoms. The van der Waals surface area contributed by atoms with E-state index in [1.165, 1.54) is 0 Å². The first-order chi connectivity index (χ1) is 12.2. The van der Waals surface area contributed by atoms with Gasteiger partial charge in [-0.05, 0) is 37.5 Å². The second kappa shape index (κ2) is 8.87. The molecular weight excluding hydrogens is 391 g/mol. The fourth-order valence-corrected chi connectivity index (χ4v) is 3.41. The van der Waals surface area contributed by atoms with E-state index >= 15 is 0 Å². The second-order valence-corrected chi connectivity index (χ2v) is 6.99. The maximum atomic E-state index is 13.3. The van der Waals surface area contributed by atoms with E-state index in [-0.39, 0.29) is 5.92 Å². The molecule has 0 amide bonds. The number of hydrogen-bond donors (Lipinski definition) is 1. The molecule has 0 saturated heterocycles. The van der Waals surface area contributed by atoms with Gasteiger partial charge in [-0.15, -0.1) is 0 Å². The summed E-state index contributed by atoms with van der Waals surface area (Å²) in [7, 11) is 0. The van der Waals surface area contributed by atoms with Gasteiger partial charge in [-0.3, -0.25) is 0 Å². The minimum Gasteiger partial charge on any atom is -0.374 e. The predicted octanol–water partition coefficient (Wildman–Crippen LogP) is 6.84. The number of hydrogen-bond acceptors (Lipinski definition) is 1. The molecule has 1 saturated carbocycles. The van der Waals surface area contributed by atoms with E-state index < -0.39 is 55.0 Å². The molecule has 10 heteroatoms. The number of halogens is 9. The normalized spacial score (nSPS) is 18.3. The van der Waals surface area contributed by atoms with Crippen molar-refractivity contribution in [1.82, 2.24) is 0 Å². The molecule has 0 aliphatic heterocycles. The Morgan fingerprint density at radius 3 is 1.78 bits per heavy atom. The zero-order valence-electron chi connectivity index (χ0n) is 14.4. The lowest BCUT2D eigenvalue weighted by atomic mass is 9.77. The van der Waals surface area contributed by atoms with Crippen LogP contribution in [0.3, 0.4) is 0 Å². The molecule has 0 aromatic heterocycles. The highest BCUT2D eigenvalue weighted by molar-refractivity contribution is 5.07. The lowest BCUT2D eigenvalue weighted by molar-refractivity contribution is -0.372. The summed E-state index contributed by atoms with van der Waals surface area (Å²) in [5, 5.41) is 9.32. The van der Waals surface area contributed by atoms with Crippen LogP contribution in [0.25, 0.3) is 0 Å². The SMILES string of the molecule is C=C(CC(CC(F)=C(F)F)CC(O)(C(F)(F)F)C(F)(F)F)C1CCCCC1. The fraction of sp³-hybridized carbons (Fsp3) is 0.765. The molecule has 0 heterocycles. The Morgan fingerprint density at radius 1 is 0.889 bits per heavy atom. The van der Waals surface area contributed by atoms with Crippen LogP contribution in [0, 0.1) is 11.8 Å². The van der Waals surface area contributed by atoms with E-state index in [0.717, 1.165) is 19.3 Å². The van der Waals surface area contributed by atoms with E-state index in [0.29, 0.717) is 18.4 Å². The monoisotopic (exact) mass is 412 g/mol. The van der Waals surface area contributed by atoms with Crippen LogP contribution < -0.4 is 0 Å². The van der Waals surface area contributed by atoms with Gasteiger partial charge in [-0.25, -0.2) is 4.39 Å². The summed E-state index contributed by atoms with van der Waals surface area (Å²) in [6.45, 7) is 3.65. The highest BCUT2D eigenvalue weighted by Crippen LogP contribution is 2.48. The lowest BCUT2D eigenvalue weighted by Gasteiger charge is -2.36. The Morgan fingerprint density at radius 2 is 1.37 bits per heavy atom. The van der Waals surface area contributed by atoms with Gasteiger partial charge in [0.2, 0.25) is 0 Å². The van der Waals surface area contributed by atoms with Gasteiger partial charge in [0.05, 0.1) is 0 Å². The van der Waals surface area contributed by atoms with Gasteiger partial charge in [-0.1, -0.05) is 31.4 Å². The van der Waals surface area contributed by atoms with Gasteiger partial charge in [-0.2, -0.15) is 35.1 Å². The second-order valence-electron chi connectivity index (χ2n) is 6.99. The predicted molar refractivity (Wildman–Crippen MR) is 80.5 cm³/mol. The van der Waals surface area contributed by atoms with Crippen LogP contribution in [-0.4, -0.2) is 23.1 Å². The van der Waals surface area contributed by atoms with Gasteiger partial charge >= 0.3 is 18.4 Å². The molecule has 1 aliphatic carbocycles. The summed E-state index contributed by atoms with van der Waals surface area (Å²) in [4.78, 5) is 0. The van der Waals surface area contributed by atoms with Crippen molar-refractivity contribution in [2.75, 3.05) is 0 Å². The standard InChI is InChI=1S/C17H21F9O/c1-10(12-5-3-2-4-6-12)7-11(8-13(18)14(19)20)9-15(27,16(21,22)23)17(24,25)26/h11-12,27H,1-9H2. The van der Waals surface area contributed by atoms with Crippen molar-refractivity contribution in [2.24, 2.45) is 11.8 Å². The summed E-state index contributed by atoms with van der Waals surface area (Å²) in [5.74, 6) is -4.11. The first-order valence-corrected chi connectivity index (χ1v) is 8.42. The number of rotatable bonds is 7. The quantitative estimate of drug-likeness (QED) is 0.358. The summed E-state index contributed by atoms with van der Waals surface area (Å²) in [6.07, 6.45) is -15.0. The van der Waals surface area contributed by atoms with Crippen molar-refractivity contribution in [3.63, 3.8) is 0 Å². The maximum absolute atomic E-state index is 13.3. The van der Waals surface area contributed by atoms with Crippen LogP contribution in [0.1, 0.15) is 51.4 Å². The minimum absolute atomic E-state index is 0.173. The molecule has 1 rings (SSSR count). The summed E-state index contributed by atoms with van der Waals surface area (Å²) >= 11 is 0. The van der Waals surface area contributed by atoms with E-state index in [4.69, 9.17) is 0 Å². The first-order valence-electron chi connectivity index (χ1n) is 8.42. The zero-order chi connectivity index (χ0) is 21.0. The van der Waals surface area contributed by atoms with Crippen LogP contribution in [0.15, 0.2) is 24.1 Å². The summed E-state index contributed by atoms with van der Waals surface area (Å²) < 4.78 is 115. The molecule has 0 radical (unpaired) electrons. The smallest absolute Gasteiger partial charge is 0.374 e. The van der Waals surface area contributed by atoms with Crippen molar-refractivity contribution in [3.05, 3.63) is 24.1 Å². The molecule has 27 heavy (non-hydrogen) atoms. The lowest BCUT2D eigenvalue weighted by Crippen LogP contribution is -2.57. The van der Waals surface area contributed by atoms with E-state index in [2.05, 4.69) is 6.58 Å². The van der Waals surface area contributed by atoms with Crippen LogP contribution >= 0.6 is 0 Å². The van der Waals surface area contributed by atoms with E-state index in [9.17, 15) is 44.6 Å². The Labute approximate surface area is 150 Å². The first kappa shape index (κ1) is 23.8. The third-order valence-electron chi connectivity index (χ3n) is 4.93. The van der Waals surface area contributed by atoms with Crippen LogP contribution in [0.5, 0.6) is 0 Å². The maximum Gasteiger partial charge on any atom is 0.426 e. The van der Waals surface area contributed by atoms with Crippen molar-refractivity contribution >= 4 is 0 Å². The van der Waals surface area contributed by atoms with E-state index in [1.807, 2.05) is 0 Å². The van der Waals surface area contributed by atoms with Crippen molar-refractivity contribution < 1.29 is 44.6 Å². The summed E-state index contributed by atoms with van der Waals surface area (Å²) in [6, 6.07) is 0. The molecule has 158 valence electrons. The zero-order valence-corrected chi connectivity index (χ0v) is 14.4. The third-order valence-corrected chi connectivity index (χ3v) is 4.93. The molecule has 1 fully saturated rings. The van der Waals surface area contributed by atoms with Gasteiger partial charge < -0.3 is 5.11 Å². The summed E-state index contributed by atoms with van der Waals surface area (Å²) in [5.41, 5.74) is -4.83. The molecule has 0 bridgehead atoms. The molecule has 1 N–H and O–H groups in total. The highest BCUT2D eigenvalue weighted by Gasteiger charge is 2.70. The van der Waals surface area contributed by atoms with Gasteiger partial charge in [0.25, 0.3) is 5.60 Å². The van der Waals surface area contributed by atoms with Crippen molar-refractivity contribution in [3.8, 4) is 0 Å². The fourth-order valence-electron chi connectivity index (χ4n) is 3.41. The molecule has 0 aromatic rings. The molecule has 1 aliphatic rings.